The van der Waals surface area contributed by atoms with E-state index in [9.17, 15) is 13.2 Å². The van der Waals surface area contributed by atoms with E-state index in [1.807, 2.05) is 24.0 Å². The lowest BCUT2D eigenvalue weighted by atomic mass is 10.1. The molecule has 0 bridgehead atoms. The molecular formula is C19H26N6O4S. The number of sulfonamides is 1. The van der Waals surface area contributed by atoms with Gasteiger partial charge >= 0.3 is 0 Å². The minimum absolute atomic E-state index is 0.168. The van der Waals surface area contributed by atoms with Crippen LogP contribution in [0.2, 0.25) is 0 Å². The summed E-state index contributed by atoms with van der Waals surface area (Å²) in [5, 5.41) is 6.94. The van der Waals surface area contributed by atoms with E-state index in [0.29, 0.717) is 50.5 Å². The molecule has 0 aliphatic carbocycles. The zero-order valence-electron chi connectivity index (χ0n) is 16.8. The zero-order chi connectivity index (χ0) is 21.6. The first-order valence-corrected chi connectivity index (χ1v) is 11.3. The number of guanidine groups is 1. The molecule has 0 saturated carbocycles. The summed E-state index contributed by atoms with van der Waals surface area (Å²) in [6.45, 7) is 4.93. The third-order valence-electron chi connectivity index (χ3n) is 4.74. The van der Waals surface area contributed by atoms with Gasteiger partial charge in [-0.2, -0.15) is 4.31 Å². The van der Waals surface area contributed by atoms with Gasteiger partial charge in [-0.1, -0.05) is 17.3 Å². The van der Waals surface area contributed by atoms with Crippen LogP contribution in [-0.2, 0) is 22.3 Å². The number of aromatic nitrogens is 1. The fraction of sp³-hybridized carbons (Fsp3) is 0.421. The highest BCUT2D eigenvalue weighted by Crippen LogP contribution is 2.13. The number of rotatable bonds is 7. The first kappa shape index (κ1) is 21.8. The maximum absolute atomic E-state index is 12.6. The number of primary amides is 1. The average molecular weight is 435 g/mol. The van der Waals surface area contributed by atoms with Crippen LogP contribution in [-0.4, -0.2) is 67.4 Å². The minimum atomic E-state index is -3.45. The summed E-state index contributed by atoms with van der Waals surface area (Å²) in [4.78, 5) is 17.9. The van der Waals surface area contributed by atoms with Gasteiger partial charge in [-0.15, -0.1) is 0 Å². The van der Waals surface area contributed by atoms with Crippen LogP contribution in [0.4, 0.5) is 0 Å². The smallest absolute Gasteiger partial charge is 0.248 e. The highest BCUT2D eigenvalue weighted by atomic mass is 32.2. The molecule has 10 nitrogen and oxygen atoms in total. The second-order valence-corrected chi connectivity index (χ2v) is 8.83. The quantitative estimate of drug-likeness (QED) is 0.475. The molecule has 11 heteroatoms. The predicted molar refractivity (Wildman–Crippen MR) is 112 cm³/mol. The van der Waals surface area contributed by atoms with E-state index in [4.69, 9.17) is 10.3 Å². The van der Waals surface area contributed by atoms with Crippen LogP contribution in [0.1, 0.15) is 28.5 Å². The maximum Gasteiger partial charge on any atom is 0.248 e. The van der Waals surface area contributed by atoms with Gasteiger partial charge in [0, 0.05) is 44.4 Å². The lowest BCUT2D eigenvalue weighted by Crippen LogP contribution is -2.53. The van der Waals surface area contributed by atoms with Gasteiger partial charge in [0.25, 0.3) is 0 Å². The van der Waals surface area contributed by atoms with E-state index in [0.717, 1.165) is 11.5 Å². The number of carbonyl (C=O) groups is 1. The molecule has 2 heterocycles. The molecule has 1 amide bonds. The van der Waals surface area contributed by atoms with Crippen LogP contribution in [0.5, 0.6) is 0 Å². The standard InChI is InChI=1S/C19H26N6O4S/c1-2-21-19(22-13-15-3-5-16(6-4-15)18(20)26)24-8-10-25(11-9-24)30(27,28)14-17-7-12-29-23-17/h3-7,12H,2,8-11,13-14H2,1H3,(H2,20,26)(H,21,22). The SMILES string of the molecule is CCNC(=NCc1ccc(C(N)=O)cc1)N1CCN(S(=O)(=O)Cc2ccon2)CC1. The number of aliphatic imine (C=N–C) groups is 1. The fourth-order valence-electron chi connectivity index (χ4n) is 3.13. The Morgan fingerprint density at radius 2 is 1.90 bits per heavy atom. The van der Waals surface area contributed by atoms with Gasteiger partial charge in [-0.05, 0) is 24.6 Å². The maximum atomic E-state index is 12.6. The normalized spacial score (nSPS) is 15.9. The first-order chi connectivity index (χ1) is 14.4. The van der Waals surface area contributed by atoms with E-state index in [-0.39, 0.29) is 5.75 Å². The number of benzene rings is 1. The minimum Gasteiger partial charge on any atom is -0.366 e. The highest BCUT2D eigenvalue weighted by Gasteiger charge is 2.29. The topological polar surface area (TPSA) is 134 Å². The van der Waals surface area contributed by atoms with Crippen molar-refractivity contribution >= 4 is 21.9 Å². The van der Waals surface area contributed by atoms with Crippen LogP contribution >= 0.6 is 0 Å². The number of nitrogens with zero attached hydrogens (tertiary/aromatic N) is 4. The van der Waals surface area contributed by atoms with Crippen molar-refractivity contribution in [2.24, 2.45) is 10.7 Å². The van der Waals surface area contributed by atoms with E-state index < -0.39 is 15.9 Å². The molecule has 1 aromatic heterocycles. The van der Waals surface area contributed by atoms with Gasteiger partial charge in [-0.25, -0.2) is 13.4 Å². The Morgan fingerprint density at radius 1 is 1.20 bits per heavy atom. The van der Waals surface area contributed by atoms with Gasteiger partial charge in [0.1, 0.15) is 12.0 Å². The monoisotopic (exact) mass is 434 g/mol. The van der Waals surface area contributed by atoms with Crippen molar-refractivity contribution in [3.8, 4) is 0 Å². The summed E-state index contributed by atoms with van der Waals surface area (Å²) in [6, 6.07) is 8.56. The van der Waals surface area contributed by atoms with Crippen LogP contribution in [0, 0.1) is 0 Å². The van der Waals surface area contributed by atoms with E-state index in [2.05, 4.69) is 15.5 Å². The molecule has 1 saturated heterocycles. The summed E-state index contributed by atoms with van der Waals surface area (Å²) < 4.78 is 31.4. The van der Waals surface area contributed by atoms with Crippen LogP contribution in [0.15, 0.2) is 46.1 Å². The Morgan fingerprint density at radius 3 is 2.47 bits per heavy atom. The van der Waals surface area contributed by atoms with Crippen LogP contribution in [0.25, 0.3) is 0 Å². The molecule has 162 valence electrons. The second kappa shape index (κ2) is 9.72. The Labute approximate surface area is 175 Å². The Hall–Kier alpha value is -2.92. The summed E-state index contributed by atoms with van der Waals surface area (Å²) in [6.07, 6.45) is 1.36. The largest absolute Gasteiger partial charge is 0.366 e. The molecular weight excluding hydrogens is 408 g/mol. The molecule has 3 N–H and O–H groups in total. The van der Waals surface area contributed by atoms with Crippen molar-refractivity contribution in [2.75, 3.05) is 32.7 Å². The molecule has 2 aromatic rings. The van der Waals surface area contributed by atoms with Crippen molar-refractivity contribution in [1.82, 2.24) is 19.7 Å². The molecule has 0 unspecified atom stereocenters. The van der Waals surface area contributed by atoms with Gasteiger partial charge in [0.15, 0.2) is 5.96 Å². The highest BCUT2D eigenvalue weighted by molar-refractivity contribution is 7.88. The van der Waals surface area contributed by atoms with Crippen LogP contribution < -0.4 is 11.1 Å². The summed E-state index contributed by atoms with van der Waals surface area (Å²) in [5.74, 6) is 0.0960. The number of piperazine rings is 1. The van der Waals surface area contributed by atoms with Crippen molar-refractivity contribution in [3.05, 3.63) is 53.4 Å². The Bertz CT molecular complexity index is 965. The molecule has 1 aromatic carbocycles. The van der Waals surface area contributed by atoms with Crippen molar-refractivity contribution in [3.63, 3.8) is 0 Å². The molecule has 0 radical (unpaired) electrons. The molecule has 30 heavy (non-hydrogen) atoms. The van der Waals surface area contributed by atoms with E-state index in [1.165, 1.54) is 10.6 Å². The van der Waals surface area contributed by atoms with Gasteiger partial charge < -0.3 is 20.5 Å². The van der Waals surface area contributed by atoms with Crippen LogP contribution in [0.3, 0.4) is 0 Å². The summed E-state index contributed by atoms with van der Waals surface area (Å²) in [7, 11) is -3.45. The number of nitrogens with two attached hydrogens (primary N) is 1. The Balaban J connectivity index is 1.60. The molecule has 1 aliphatic rings. The summed E-state index contributed by atoms with van der Waals surface area (Å²) in [5.41, 5.74) is 7.07. The second-order valence-electron chi connectivity index (χ2n) is 6.86. The number of hydrogen-bond donors (Lipinski definition) is 2. The number of carbonyl (C=O) groups excluding carboxylic acids is 1. The molecule has 0 atom stereocenters. The third-order valence-corrected chi connectivity index (χ3v) is 6.55. The molecule has 1 aliphatic heterocycles. The molecule has 0 spiro atoms. The van der Waals surface area contributed by atoms with E-state index >= 15 is 0 Å². The average Bonchev–Trinajstić information content (AvgIpc) is 3.24. The van der Waals surface area contributed by atoms with Gasteiger partial charge in [0.2, 0.25) is 15.9 Å². The van der Waals surface area contributed by atoms with Crippen molar-refractivity contribution in [1.29, 1.82) is 0 Å². The van der Waals surface area contributed by atoms with Gasteiger partial charge in [0.05, 0.1) is 12.2 Å². The number of amides is 1. The lowest BCUT2D eigenvalue weighted by Gasteiger charge is -2.35. The van der Waals surface area contributed by atoms with E-state index in [1.54, 1.807) is 18.2 Å². The van der Waals surface area contributed by atoms with Crippen molar-refractivity contribution in [2.45, 2.75) is 19.2 Å². The zero-order valence-corrected chi connectivity index (χ0v) is 17.6. The lowest BCUT2D eigenvalue weighted by molar-refractivity contribution is 0.1000. The third kappa shape index (κ3) is 5.57. The molecule has 1 fully saturated rings. The predicted octanol–water partition coefficient (Wildman–Crippen LogP) is 0.387. The Kier molecular flexibility index (Phi) is 7.06. The number of nitrogens with one attached hydrogen (secondary N) is 1. The van der Waals surface area contributed by atoms with Crippen molar-refractivity contribution < 1.29 is 17.7 Å². The first-order valence-electron chi connectivity index (χ1n) is 9.68. The van der Waals surface area contributed by atoms with Gasteiger partial charge in [-0.3, -0.25) is 4.79 Å². The molecule has 3 rings (SSSR count). The number of hydrogen-bond acceptors (Lipinski definition) is 6. The fourth-order valence-corrected chi connectivity index (χ4v) is 4.56. The summed E-state index contributed by atoms with van der Waals surface area (Å²) >= 11 is 0.